The van der Waals surface area contributed by atoms with Gasteiger partial charge < -0.3 is 10.1 Å². The molecule has 2 rings (SSSR count). The van der Waals surface area contributed by atoms with Crippen LogP contribution in [0.3, 0.4) is 0 Å². The maximum Gasteiger partial charge on any atom is 0.312 e. The molecule has 0 amide bonds. The standard InChI is InChI=1S/C11H12ClFN2O3/c12-8-4-10(15(16)17)11(5-9(8)13)18-6-7-2-1-3-14-7/h4-5,7,14H,1-3,6H2. The number of hydrogen-bond acceptors (Lipinski definition) is 4. The maximum atomic E-state index is 13.3. The van der Waals surface area contributed by atoms with Gasteiger partial charge in [-0.05, 0) is 19.4 Å². The second kappa shape index (κ2) is 5.49. The molecule has 5 nitrogen and oxygen atoms in total. The Bertz CT molecular complexity index is 464. The molecular formula is C11H12ClFN2O3. The third-order valence-corrected chi connectivity index (χ3v) is 3.09. The van der Waals surface area contributed by atoms with Crippen LogP contribution in [0.5, 0.6) is 5.75 Å². The van der Waals surface area contributed by atoms with E-state index in [-0.39, 0.29) is 29.1 Å². The Morgan fingerprint density at radius 3 is 3.00 bits per heavy atom. The molecule has 1 aromatic rings. The molecule has 1 saturated heterocycles. The van der Waals surface area contributed by atoms with Gasteiger partial charge in [0.05, 0.1) is 9.95 Å². The summed E-state index contributed by atoms with van der Waals surface area (Å²) in [5, 5.41) is 13.7. The summed E-state index contributed by atoms with van der Waals surface area (Å²) in [4.78, 5) is 10.2. The third kappa shape index (κ3) is 2.88. The van der Waals surface area contributed by atoms with E-state index in [1.54, 1.807) is 0 Å². The maximum absolute atomic E-state index is 13.3. The zero-order chi connectivity index (χ0) is 13.1. The van der Waals surface area contributed by atoms with Crippen molar-refractivity contribution in [3.63, 3.8) is 0 Å². The number of nitrogens with one attached hydrogen (secondary N) is 1. The molecule has 1 unspecified atom stereocenters. The van der Waals surface area contributed by atoms with Crippen molar-refractivity contribution >= 4 is 17.3 Å². The van der Waals surface area contributed by atoms with E-state index in [2.05, 4.69) is 5.32 Å². The van der Waals surface area contributed by atoms with Gasteiger partial charge in [0.1, 0.15) is 12.4 Å². The topological polar surface area (TPSA) is 64.4 Å². The molecule has 98 valence electrons. The molecule has 0 aromatic heterocycles. The first-order valence-corrected chi connectivity index (χ1v) is 5.95. The van der Waals surface area contributed by atoms with Crippen LogP contribution in [0.1, 0.15) is 12.8 Å². The zero-order valence-electron chi connectivity index (χ0n) is 9.49. The summed E-state index contributed by atoms with van der Waals surface area (Å²) < 4.78 is 18.6. The first-order chi connectivity index (χ1) is 8.58. The quantitative estimate of drug-likeness (QED) is 0.677. The first kappa shape index (κ1) is 13.0. The van der Waals surface area contributed by atoms with Gasteiger partial charge in [0.25, 0.3) is 0 Å². The molecule has 0 spiro atoms. The van der Waals surface area contributed by atoms with Crippen LogP contribution in [0.25, 0.3) is 0 Å². The molecule has 1 aromatic carbocycles. The Balaban J connectivity index is 2.14. The Kier molecular flexibility index (Phi) is 3.98. The Morgan fingerprint density at radius 2 is 2.39 bits per heavy atom. The number of rotatable bonds is 4. The highest BCUT2D eigenvalue weighted by molar-refractivity contribution is 6.31. The molecule has 1 N–H and O–H groups in total. The van der Waals surface area contributed by atoms with Crippen LogP contribution in [0, 0.1) is 15.9 Å². The van der Waals surface area contributed by atoms with Gasteiger partial charge in [-0.1, -0.05) is 11.6 Å². The zero-order valence-corrected chi connectivity index (χ0v) is 10.2. The minimum Gasteiger partial charge on any atom is -0.485 e. The summed E-state index contributed by atoms with van der Waals surface area (Å²) in [5.74, 6) is -0.813. The predicted molar refractivity (Wildman–Crippen MR) is 64.6 cm³/mol. The fourth-order valence-electron chi connectivity index (χ4n) is 1.87. The monoisotopic (exact) mass is 274 g/mol. The molecule has 1 fully saturated rings. The second-order valence-electron chi connectivity index (χ2n) is 4.10. The van der Waals surface area contributed by atoms with Gasteiger partial charge in [0.2, 0.25) is 0 Å². The molecule has 1 aliphatic rings. The lowest BCUT2D eigenvalue weighted by atomic mass is 10.2. The van der Waals surface area contributed by atoms with Gasteiger partial charge >= 0.3 is 5.69 Å². The third-order valence-electron chi connectivity index (χ3n) is 2.80. The Labute approximate surface area is 108 Å². The van der Waals surface area contributed by atoms with E-state index in [0.29, 0.717) is 0 Å². The van der Waals surface area contributed by atoms with Gasteiger partial charge in [-0.15, -0.1) is 0 Å². The Morgan fingerprint density at radius 1 is 1.61 bits per heavy atom. The number of ether oxygens (including phenoxy) is 1. The number of halogens is 2. The summed E-state index contributed by atoms with van der Waals surface area (Å²) in [7, 11) is 0. The van der Waals surface area contributed by atoms with E-state index < -0.39 is 10.7 Å². The number of nitrogens with zero attached hydrogens (tertiary/aromatic N) is 1. The average molecular weight is 275 g/mol. The van der Waals surface area contributed by atoms with Crippen molar-refractivity contribution in [1.29, 1.82) is 0 Å². The highest BCUT2D eigenvalue weighted by Crippen LogP contribution is 2.32. The van der Waals surface area contributed by atoms with E-state index in [0.717, 1.165) is 31.5 Å². The lowest BCUT2D eigenvalue weighted by molar-refractivity contribution is -0.385. The minimum absolute atomic E-state index is 0.0874. The molecule has 7 heteroatoms. The van der Waals surface area contributed by atoms with Crippen molar-refractivity contribution in [1.82, 2.24) is 5.32 Å². The smallest absolute Gasteiger partial charge is 0.312 e. The predicted octanol–water partition coefficient (Wildman–Crippen LogP) is 2.52. The van der Waals surface area contributed by atoms with Crippen molar-refractivity contribution in [2.75, 3.05) is 13.2 Å². The molecular weight excluding hydrogens is 263 g/mol. The van der Waals surface area contributed by atoms with Gasteiger partial charge in [-0.3, -0.25) is 10.1 Å². The fourth-order valence-corrected chi connectivity index (χ4v) is 2.02. The molecule has 0 radical (unpaired) electrons. The van der Waals surface area contributed by atoms with Crippen molar-refractivity contribution in [3.8, 4) is 5.75 Å². The normalized spacial score (nSPS) is 18.9. The molecule has 0 aliphatic carbocycles. The highest BCUT2D eigenvalue weighted by Gasteiger charge is 2.21. The lowest BCUT2D eigenvalue weighted by Gasteiger charge is -2.12. The van der Waals surface area contributed by atoms with Gasteiger partial charge in [0, 0.05) is 18.2 Å². The van der Waals surface area contributed by atoms with Crippen LogP contribution in [0.15, 0.2) is 12.1 Å². The van der Waals surface area contributed by atoms with Crippen molar-refractivity contribution < 1.29 is 14.1 Å². The van der Waals surface area contributed by atoms with Crippen LogP contribution in [-0.2, 0) is 0 Å². The molecule has 0 bridgehead atoms. The van der Waals surface area contributed by atoms with E-state index in [4.69, 9.17) is 16.3 Å². The van der Waals surface area contributed by atoms with Gasteiger partial charge in [0.15, 0.2) is 5.75 Å². The Hall–Kier alpha value is -1.40. The van der Waals surface area contributed by atoms with E-state index in [1.165, 1.54) is 0 Å². The minimum atomic E-state index is -0.725. The van der Waals surface area contributed by atoms with Crippen LogP contribution < -0.4 is 10.1 Å². The summed E-state index contributed by atoms with van der Waals surface area (Å²) in [6.07, 6.45) is 2.00. The van der Waals surface area contributed by atoms with Crippen molar-refractivity contribution in [3.05, 3.63) is 33.1 Å². The molecule has 1 aliphatic heterocycles. The van der Waals surface area contributed by atoms with Crippen LogP contribution in [0.2, 0.25) is 5.02 Å². The lowest BCUT2D eigenvalue weighted by Crippen LogP contribution is -2.28. The van der Waals surface area contributed by atoms with Crippen LogP contribution in [-0.4, -0.2) is 24.1 Å². The SMILES string of the molecule is O=[N+]([O-])c1cc(Cl)c(F)cc1OCC1CCCN1. The summed E-state index contributed by atoms with van der Waals surface area (Å²) in [5.41, 5.74) is -0.320. The molecule has 18 heavy (non-hydrogen) atoms. The molecule has 0 saturated carbocycles. The second-order valence-corrected chi connectivity index (χ2v) is 4.50. The van der Waals surface area contributed by atoms with Crippen LogP contribution in [0.4, 0.5) is 10.1 Å². The van der Waals surface area contributed by atoms with Crippen molar-refractivity contribution in [2.24, 2.45) is 0 Å². The molecule has 1 atom stereocenters. The number of nitro benzene ring substituents is 1. The largest absolute Gasteiger partial charge is 0.485 e. The van der Waals surface area contributed by atoms with Crippen molar-refractivity contribution in [2.45, 2.75) is 18.9 Å². The summed E-state index contributed by atoms with van der Waals surface area (Å²) >= 11 is 5.51. The highest BCUT2D eigenvalue weighted by atomic mass is 35.5. The van der Waals surface area contributed by atoms with E-state index in [9.17, 15) is 14.5 Å². The van der Waals surface area contributed by atoms with Crippen LogP contribution >= 0.6 is 11.6 Å². The number of benzene rings is 1. The summed E-state index contributed by atoms with van der Waals surface area (Å²) in [6.45, 7) is 1.19. The van der Waals surface area contributed by atoms with E-state index >= 15 is 0 Å². The summed E-state index contributed by atoms with van der Waals surface area (Å²) in [6, 6.07) is 2.08. The van der Waals surface area contributed by atoms with E-state index in [1.807, 2.05) is 0 Å². The number of nitro groups is 1. The fraction of sp³-hybridized carbons (Fsp3) is 0.455. The first-order valence-electron chi connectivity index (χ1n) is 5.57. The van der Waals surface area contributed by atoms with Gasteiger partial charge in [-0.2, -0.15) is 0 Å². The average Bonchev–Trinajstić information content (AvgIpc) is 2.83. The van der Waals surface area contributed by atoms with Gasteiger partial charge in [-0.25, -0.2) is 4.39 Å². The number of hydrogen-bond donors (Lipinski definition) is 1. The molecule has 1 heterocycles.